The van der Waals surface area contributed by atoms with Gasteiger partial charge < -0.3 is 15.8 Å². The summed E-state index contributed by atoms with van der Waals surface area (Å²) in [5.74, 6) is 0.577. The van der Waals surface area contributed by atoms with E-state index in [9.17, 15) is 9.18 Å². The van der Waals surface area contributed by atoms with Gasteiger partial charge in [-0.3, -0.25) is 4.79 Å². The lowest BCUT2D eigenvalue weighted by Crippen LogP contribution is -2.30. The predicted octanol–water partition coefficient (Wildman–Crippen LogP) is 2.76. The molecule has 1 saturated carbocycles. The molecule has 0 radical (unpaired) electrons. The molecule has 4 nitrogen and oxygen atoms in total. The normalized spacial score (nSPS) is 18.5. The van der Waals surface area contributed by atoms with Crippen LogP contribution in [0.2, 0.25) is 0 Å². The number of carbonyl (C=O) groups excluding carboxylic acids is 1. The van der Waals surface area contributed by atoms with Crippen LogP contribution in [0.5, 0.6) is 5.75 Å². The van der Waals surface area contributed by atoms with E-state index in [0.29, 0.717) is 18.6 Å². The monoisotopic (exact) mass is 350 g/mol. The first kappa shape index (κ1) is 18.2. The van der Waals surface area contributed by atoms with Gasteiger partial charge in [0.1, 0.15) is 18.2 Å². The number of halogens is 2. The van der Waals surface area contributed by atoms with Crippen molar-refractivity contribution in [3.05, 3.63) is 65.5 Å². The summed E-state index contributed by atoms with van der Waals surface area (Å²) >= 11 is 0. The number of hydrogen-bond acceptors (Lipinski definition) is 3. The van der Waals surface area contributed by atoms with Crippen molar-refractivity contribution >= 4 is 18.3 Å². The van der Waals surface area contributed by atoms with Crippen molar-refractivity contribution in [1.29, 1.82) is 0 Å². The van der Waals surface area contributed by atoms with Crippen LogP contribution >= 0.6 is 12.4 Å². The Morgan fingerprint density at radius 1 is 1.25 bits per heavy atom. The van der Waals surface area contributed by atoms with E-state index in [4.69, 9.17) is 10.5 Å². The van der Waals surface area contributed by atoms with Gasteiger partial charge in [0.25, 0.3) is 0 Å². The fourth-order valence-corrected chi connectivity index (χ4v) is 2.63. The van der Waals surface area contributed by atoms with Crippen LogP contribution in [-0.4, -0.2) is 18.5 Å². The average molecular weight is 351 g/mol. The maximum atomic E-state index is 13.1. The molecule has 0 spiro atoms. The lowest BCUT2D eigenvalue weighted by atomic mass is 10.1. The topological polar surface area (TPSA) is 64.4 Å². The average Bonchev–Trinajstić information content (AvgIpc) is 3.31. The van der Waals surface area contributed by atoms with E-state index in [1.165, 1.54) is 17.7 Å². The fraction of sp³-hybridized carbons (Fsp3) is 0.278. The van der Waals surface area contributed by atoms with E-state index in [1.807, 2.05) is 30.3 Å². The third kappa shape index (κ3) is 4.94. The van der Waals surface area contributed by atoms with Crippen molar-refractivity contribution in [2.45, 2.75) is 25.0 Å². The Bertz CT molecular complexity index is 694. The van der Waals surface area contributed by atoms with Crippen LogP contribution in [0.4, 0.5) is 4.39 Å². The van der Waals surface area contributed by atoms with Gasteiger partial charge in [-0.05, 0) is 41.8 Å². The second-order valence-corrected chi connectivity index (χ2v) is 5.78. The molecule has 2 aromatic rings. The quantitative estimate of drug-likeness (QED) is 0.807. The highest BCUT2D eigenvalue weighted by atomic mass is 35.5. The number of primary amides is 1. The summed E-state index contributed by atoms with van der Waals surface area (Å²) in [6.07, 6.45) is 1.01. The number of carbonyl (C=O) groups is 1. The highest BCUT2D eigenvalue weighted by Gasteiger charge is 2.37. The SMILES string of the molecule is Cl.NC(=O)CN[C@H]1CC1c1ccc(OCc2cccc(F)c2)cc1. The first-order valence-corrected chi connectivity index (χ1v) is 7.61. The standard InChI is InChI=1S/C18H19FN2O2.ClH/c19-14-3-1-2-12(8-14)11-23-15-6-4-13(5-7-15)16-9-17(16)21-10-18(20)22;/h1-8,16-17,21H,9-11H2,(H2,20,22);1H/t16?,17-;/m0./s1. The minimum atomic E-state index is -0.336. The molecule has 1 unspecified atom stereocenters. The number of nitrogens with one attached hydrogen (secondary N) is 1. The summed E-state index contributed by atoms with van der Waals surface area (Å²) in [5.41, 5.74) is 7.13. The van der Waals surface area contributed by atoms with Crippen molar-refractivity contribution in [2.24, 2.45) is 5.73 Å². The van der Waals surface area contributed by atoms with Gasteiger partial charge in [-0.25, -0.2) is 4.39 Å². The zero-order chi connectivity index (χ0) is 16.2. The summed E-state index contributed by atoms with van der Waals surface area (Å²) < 4.78 is 18.8. The van der Waals surface area contributed by atoms with E-state index in [-0.39, 0.29) is 30.7 Å². The Morgan fingerprint density at radius 2 is 2.00 bits per heavy atom. The molecule has 2 aromatic carbocycles. The molecule has 0 saturated heterocycles. The molecule has 1 fully saturated rings. The molecule has 128 valence electrons. The van der Waals surface area contributed by atoms with Gasteiger partial charge in [-0.15, -0.1) is 12.4 Å². The first-order chi connectivity index (χ1) is 11.1. The van der Waals surface area contributed by atoms with Crippen molar-refractivity contribution < 1.29 is 13.9 Å². The van der Waals surface area contributed by atoms with Crippen molar-refractivity contribution in [1.82, 2.24) is 5.32 Å². The fourth-order valence-electron chi connectivity index (χ4n) is 2.63. The third-order valence-electron chi connectivity index (χ3n) is 3.93. The minimum Gasteiger partial charge on any atom is -0.489 e. The Morgan fingerprint density at radius 3 is 2.67 bits per heavy atom. The minimum absolute atomic E-state index is 0. The van der Waals surface area contributed by atoms with E-state index in [2.05, 4.69) is 5.32 Å². The van der Waals surface area contributed by atoms with Gasteiger partial charge in [-0.1, -0.05) is 24.3 Å². The smallest absolute Gasteiger partial charge is 0.231 e. The molecule has 0 aliphatic heterocycles. The molecule has 1 amide bonds. The Kier molecular flexibility index (Phi) is 6.17. The van der Waals surface area contributed by atoms with Crippen LogP contribution in [0, 0.1) is 5.82 Å². The van der Waals surface area contributed by atoms with Crippen LogP contribution in [0.3, 0.4) is 0 Å². The van der Waals surface area contributed by atoms with E-state index in [1.54, 1.807) is 6.07 Å². The molecule has 0 aromatic heterocycles. The summed E-state index contributed by atoms with van der Waals surface area (Å²) in [7, 11) is 0. The highest BCUT2D eigenvalue weighted by molar-refractivity contribution is 5.85. The van der Waals surface area contributed by atoms with Crippen molar-refractivity contribution in [3.63, 3.8) is 0 Å². The molecule has 3 rings (SSSR count). The van der Waals surface area contributed by atoms with Gasteiger partial charge in [0.15, 0.2) is 0 Å². The highest BCUT2D eigenvalue weighted by Crippen LogP contribution is 2.41. The summed E-state index contributed by atoms with van der Waals surface area (Å²) in [6.45, 7) is 0.555. The van der Waals surface area contributed by atoms with E-state index in [0.717, 1.165) is 17.7 Å². The van der Waals surface area contributed by atoms with Crippen LogP contribution in [0.1, 0.15) is 23.5 Å². The number of ether oxygens (including phenoxy) is 1. The predicted molar refractivity (Wildman–Crippen MR) is 92.8 cm³/mol. The van der Waals surface area contributed by atoms with Gasteiger partial charge >= 0.3 is 0 Å². The largest absolute Gasteiger partial charge is 0.489 e. The Balaban J connectivity index is 0.00000208. The Labute approximate surface area is 146 Å². The molecule has 24 heavy (non-hydrogen) atoms. The van der Waals surface area contributed by atoms with E-state index >= 15 is 0 Å². The number of amides is 1. The second-order valence-electron chi connectivity index (χ2n) is 5.78. The molecule has 1 aliphatic carbocycles. The molecular weight excluding hydrogens is 331 g/mol. The summed E-state index contributed by atoms with van der Waals surface area (Å²) in [5, 5.41) is 3.13. The molecule has 6 heteroatoms. The zero-order valence-corrected chi connectivity index (χ0v) is 13.9. The number of hydrogen-bond donors (Lipinski definition) is 2. The molecule has 0 heterocycles. The Hall–Kier alpha value is -2.11. The van der Waals surface area contributed by atoms with E-state index < -0.39 is 0 Å². The van der Waals surface area contributed by atoms with Gasteiger partial charge in [-0.2, -0.15) is 0 Å². The molecule has 2 atom stereocenters. The molecule has 3 N–H and O–H groups in total. The first-order valence-electron chi connectivity index (χ1n) is 7.61. The maximum Gasteiger partial charge on any atom is 0.231 e. The van der Waals surface area contributed by atoms with Gasteiger partial charge in [0, 0.05) is 12.0 Å². The molecule has 1 aliphatic rings. The number of nitrogens with two attached hydrogens (primary N) is 1. The number of benzene rings is 2. The lowest BCUT2D eigenvalue weighted by molar-refractivity contribution is -0.117. The molecular formula is C18H20ClFN2O2. The van der Waals surface area contributed by atoms with Crippen LogP contribution in [-0.2, 0) is 11.4 Å². The summed E-state index contributed by atoms with van der Waals surface area (Å²) in [6, 6.07) is 14.6. The maximum absolute atomic E-state index is 13.1. The third-order valence-corrected chi connectivity index (χ3v) is 3.93. The van der Waals surface area contributed by atoms with Crippen LogP contribution in [0.15, 0.2) is 48.5 Å². The summed E-state index contributed by atoms with van der Waals surface area (Å²) in [4.78, 5) is 10.7. The second kappa shape index (κ2) is 8.13. The zero-order valence-electron chi connectivity index (χ0n) is 13.1. The van der Waals surface area contributed by atoms with Gasteiger partial charge in [0.05, 0.1) is 6.54 Å². The lowest BCUT2D eigenvalue weighted by Gasteiger charge is -2.08. The van der Waals surface area contributed by atoms with Crippen LogP contribution in [0.25, 0.3) is 0 Å². The molecule has 0 bridgehead atoms. The van der Waals surface area contributed by atoms with Crippen molar-refractivity contribution in [2.75, 3.05) is 6.54 Å². The van der Waals surface area contributed by atoms with Crippen LogP contribution < -0.4 is 15.8 Å². The number of rotatable bonds is 7. The van der Waals surface area contributed by atoms with Gasteiger partial charge in [0.2, 0.25) is 5.91 Å². The van der Waals surface area contributed by atoms with Crippen molar-refractivity contribution in [3.8, 4) is 5.75 Å².